The molecule has 8 heteroatoms. The molecule has 3 aliphatic carbocycles. The number of carboxylic acids is 1. The summed E-state index contributed by atoms with van der Waals surface area (Å²) in [5.41, 5.74) is 6.97. The lowest BCUT2D eigenvalue weighted by atomic mass is 9.98. The predicted octanol–water partition coefficient (Wildman–Crippen LogP) is 3.60. The van der Waals surface area contributed by atoms with Crippen LogP contribution in [0.5, 0.6) is 0 Å². The molecule has 0 aromatic heterocycles. The first kappa shape index (κ1) is 22.4. The van der Waals surface area contributed by atoms with Crippen molar-refractivity contribution >= 4 is 18.0 Å². The minimum Gasteiger partial charge on any atom is -0.479 e. The third-order valence-electron chi connectivity index (χ3n) is 7.05. The van der Waals surface area contributed by atoms with Gasteiger partial charge in [-0.1, -0.05) is 48.5 Å². The Morgan fingerprint density at radius 2 is 1.59 bits per heavy atom. The number of hydroxylamine groups is 1. The number of hydrogen-bond donors (Lipinski definition) is 3. The number of amides is 2. The zero-order valence-corrected chi connectivity index (χ0v) is 18.7. The summed E-state index contributed by atoms with van der Waals surface area (Å²) < 4.78 is 5.60. The van der Waals surface area contributed by atoms with Gasteiger partial charge in [0.2, 0.25) is 5.91 Å². The van der Waals surface area contributed by atoms with Crippen LogP contribution in [0.2, 0.25) is 0 Å². The number of carboxylic acid groups (broad SMARTS) is 1. The first-order valence-electron chi connectivity index (χ1n) is 11.8. The molecule has 5 rings (SSSR count). The molecule has 3 aliphatic rings. The number of hydrogen-bond acceptors (Lipinski definition) is 5. The highest BCUT2D eigenvalue weighted by Crippen LogP contribution is 2.44. The second-order valence-corrected chi connectivity index (χ2v) is 9.36. The second-order valence-electron chi connectivity index (χ2n) is 9.36. The van der Waals surface area contributed by atoms with E-state index in [1.165, 1.54) is 11.1 Å². The summed E-state index contributed by atoms with van der Waals surface area (Å²) >= 11 is 0. The van der Waals surface area contributed by atoms with E-state index in [1.807, 2.05) is 24.3 Å². The molecule has 3 unspecified atom stereocenters. The third kappa shape index (κ3) is 4.63. The van der Waals surface area contributed by atoms with Crippen molar-refractivity contribution in [1.82, 2.24) is 10.8 Å². The highest BCUT2D eigenvalue weighted by Gasteiger charge is 2.39. The van der Waals surface area contributed by atoms with Crippen LogP contribution in [0, 0.1) is 11.8 Å². The number of carbonyl (C=O) groups excluding carboxylic acids is 2. The number of ether oxygens (including phenoxy) is 1. The van der Waals surface area contributed by atoms with Crippen molar-refractivity contribution in [1.29, 1.82) is 0 Å². The standard InChI is InChI=1S/C26H28N2O6/c29-24(28-34-23(25(30)31)15-9-10-15)16-11-12-17(13-16)27-26(32)33-14-22-20-7-3-1-5-18(20)19-6-2-4-8-21(19)22/h1-8,15-17,22-23H,9-14H2,(H,27,32)(H,28,29)(H,30,31). The fourth-order valence-corrected chi connectivity index (χ4v) is 5.11. The number of fused-ring (bicyclic) bond motifs is 3. The molecule has 0 aliphatic heterocycles. The Bertz CT molecular complexity index is 1050. The topological polar surface area (TPSA) is 114 Å². The lowest BCUT2D eigenvalue weighted by molar-refractivity contribution is -0.163. The molecule has 2 saturated carbocycles. The van der Waals surface area contributed by atoms with E-state index in [2.05, 4.69) is 35.1 Å². The van der Waals surface area contributed by atoms with Crippen LogP contribution in [0.4, 0.5) is 4.79 Å². The molecule has 3 N–H and O–H groups in total. The maximum Gasteiger partial charge on any atom is 0.407 e. The average Bonchev–Trinajstić information content (AvgIpc) is 3.47. The van der Waals surface area contributed by atoms with Crippen molar-refractivity contribution in [2.45, 2.75) is 50.2 Å². The van der Waals surface area contributed by atoms with E-state index < -0.39 is 18.2 Å². The van der Waals surface area contributed by atoms with Crippen molar-refractivity contribution < 1.29 is 29.1 Å². The van der Waals surface area contributed by atoms with Crippen molar-refractivity contribution in [3.8, 4) is 11.1 Å². The maximum absolute atomic E-state index is 12.5. The summed E-state index contributed by atoms with van der Waals surface area (Å²) in [5, 5.41) is 12.1. The Kier molecular flexibility index (Phi) is 6.24. The van der Waals surface area contributed by atoms with Crippen LogP contribution in [-0.4, -0.2) is 41.8 Å². The number of aliphatic carboxylic acids is 1. The van der Waals surface area contributed by atoms with E-state index >= 15 is 0 Å². The summed E-state index contributed by atoms with van der Waals surface area (Å²) in [7, 11) is 0. The lowest BCUT2D eigenvalue weighted by Gasteiger charge is -2.17. The number of nitrogens with one attached hydrogen (secondary N) is 2. The van der Waals surface area contributed by atoms with Gasteiger partial charge in [-0.05, 0) is 60.3 Å². The summed E-state index contributed by atoms with van der Waals surface area (Å²) in [6, 6.07) is 16.2. The van der Waals surface area contributed by atoms with Crippen molar-refractivity contribution in [2.24, 2.45) is 11.8 Å². The molecule has 178 valence electrons. The minimum atomic E-state index is -1.07. The summed E-state index contributed by atoms with van der Waals surface area (Å²) in [6.45, 7) is 0.238. The van der Waals surface area contributed by atoms with Crippen LogP contribution in [0.1, 0.15) is 49.1 Å². The fourth-order valence-electron chi connectivity index (χ4n) is 5.11. The molecule has 0 bridgehead atoms. The molecule has 34 heavy (non-hydrogen) atoms. The molecule has 0 heterocycles. The smallest absolute Gasteiger partial charge is 0.407 e. The molecule has 2 amide bonds. The Hall–Kier alpha value is -3.39. The molecule has 3 atom stereocenters. The number of carbonyl (C=O) groups is 3. The van der Waals surface area contributed by atoms with Crippen LogP contribution in [0.15, 0.2) is 48.5 Å². The zero-order valence-electron chi connectivity index (χ0n) is 18.7. The van der Waals surface area contributed by atoms with Gasteiger partial charge in [-0.15, -0.1) is 0 Å². The molecule has 2 fully saturated rings. The lowest BCUT2D eigenvalue weighted by Crippen LogP contribution is -2.39. The molecular weight excluding hydrogens is 436 g/mol. The first-order valence-corrected chi connectivity index (χ1v) is 11.8. The molecule has 0 saturated heterocycles. The van der Waals surface area contributed by atoms with Crippen molar-refractivity contribution in [2.75, 3.05) is 6.61 Å². The summed E-state index contributed by atoms with van der Waals surface area (Å²) in [5.74, 6) is -1.80. The van der Waals surface area contributed by atoms with E-state index in [9.17, 15) is 19.5 Å². The monoisotopic (exact) mass is 464 g/mol. The van der Waals surface area contributed by atoms with Crippen molar-refractivity contribution in [3.05, 3.63) is 59.7 Å². The fraction of sp³-hybridized carbons (Fsp3) is 0.423. The Labute approximate surface area is 197 Å². The molecule has 0 spiro atoms. The highest BCUT2D eigenvalue weighted by atomic mass is 16.7. The number of benzene rings is 2. The van der Waals surface area contributed by atoms with Crippen molar-refractivity contribution in [3.63, 3.8) is 0 Å². The van der Waals surface area contributed by atoms with Crippen LogP contribution >= 0.6 is 0 Å². The van der Waals surface area contributed by atoms with Gasteiger partial charge in [0.15, 0.2) is 6.10 Å². The molecular formula is C26H28N2O6. The summed E-state index contributed by atoms with van der Waals surface area (Å²) in [6.07, 6.45) is 1.78. The van der Waals surface area contributed by atoms with Crippen LogP contribution in [0.3, 0.4) is 0 Å². The Morgan fingerprint density at radius 3 is 2.21 bits per heavy atom. The van der Waals surface area contributed by atoms with Crippen LogP contribution in [-0.2, 0) is 19.2 Å². The second kappa shape index (κ2) is 9.46. The van der Waals surface area contributed by atoms with Gasteiger partial charge in [0.1, 0.15) is 6.61 Å². The minimum absolute atomic E-state index is 0.00829. The van der Waals surface area contributed by atoms with Gasteiger partial charge in [-0.3, -0.25) is 9.63 Å². The van der Waals surface area contributed by atoms with Gasteiger partial charge in [0.25, 0.3) is 0 Å². The highest BCUT2D eigenvalue weighted by molar-refractivity contribution is 5.80. The molecule has 8 nitrogen and oxygen atoms in total. The quantitative estimate of drug-likeness (QED) is 0.515. The van der Waals surface area contributed by atoms with Gasteiger partial charge < -0.3 is 15.2 Å². The van der Waals surface area contributed by atoms with Gasteiger partial charge in [-0.25, -0.2) is 15.1 Å². The van der Waals surface area contributed by atoms with E-state index in [0.717, 1.165) is 24.0 Å². The third-order valence-corrected chi connectivity index (χ3v) is 7.05. The summed E-state index contributed by atoms with van der Waals surface area (Å²) in [4.78, 5) is 41.3. The van der Waals surface area contributed by atoms with E-state index in [-0.39, 0.29) is 36.3 Å². The van der Waals surface area contributed by atoms with Gasteiger partial charge in [0, 0.05) is 17.9 Å². The average molecular weight is 465 g/mol. The largest absolute Gasteiger partial charge is 0.479 e. The van der Waals surface area contributed by atoms with Crippen LogP contribution < -0.4 is 10.8 Å². The predicted molar refractivity (Wildman–Crippen MR) is 123 cm³/mol. The van der Waals surface area contributed by atoms with E-state index in [4.69, 9.17) is 9.57 Å². The van der Waals surface area contributed by atoms with Gasteiger partial charge in [-0.2, -0.15) is 0 Å². The molecule has 0 radical (unpaired) electrons. The Balaban J connectivity index is 1.10. The maximum atomic E-state index is 12.5. The number of rotatable bonds is 8. The van der Waals surface area contributed by atoms with Crippen LogP contribution in [0.25, 0.3) is 11.1 Å². The molecule has 2 aromatic rings. The normalized spacial score (nSPS) is 21.9. The number of alkyl carbamates (subject to hydrolysis) is 1. The van der Waals surface area contributed by atoms with E-state index in [0.29, 0.717) is 19.3 Å². The molecule has 2 aromatic carbocycles. The van der Waals surface area contributed by atoms with Gasteiger partial charge in [0.05, 0.1) is 0 Å². The Morgan fingerprint density at radius 1 is 0.941 bits per heavy atom. The van der Waals surface area contributed by atoms with E-state index in [1.54, 1.807) is 0 Å². The van der Waals surface area contributed by atoms with Gasteiger partial charge >= 0.3 is 12.1 Å². The zero-order chi connectivity index (χ0) is 23.7. The first-order chi connectivity index (χ1) is 16.5. The SMILES string of the molecule is O=C(NC1CCC(C(=O)NOC(C(=O)O)C2CC2)C1)OCC1c2ccccc2-c2ccccc21.